The predicted octanol–water partition coefficient (Wildman–Crippen LogP) is 10.5. The van der Waals surface area contributed by atoms with E-state index >= 15 is 0 Å². The Labute approximate surface area is 267 Å². The first-order chi connectivity index (χ1) is 22.3. The number of rotatable bonds is 3. The number of hydrogen-bond acceptors (Lipinski definition) is 2. The summed E-state index contributed by atoms with van der Waals surface area (Å²) in [6, 6.07) is 43.0. The van der Waals surface area contributed by atoms with Gasteiger partial charge in [0, 0.05) is 27.1 Å². The average Bonchev–Trinajstić information content (AvgIpc) is 3.54. The molecule has 4 nitrogen and oxygen atoms in total. The minimum absolute atomic E-state index is 0.553. The molecule has 0 aliphatic heterocycles. The predicted molar refractivity (Wildman–Crippen MR) is 189 cm³/mol. The number of hydrogen-bond donors (Lipinski definition) is 0. The molecule has 6 aromatic carbocycles. The van der Waals surface area contributed by atoms with Crippen molar-refractivity contribution in [2.24, 2.45) is 0 Å². The van der Waals surface area contributed by atoms with Gasteiger partial charge in [-0.3, -0.25) is 0 Å². The van der Waals surface area contributed by atoms with Crippen LogP contribution in [0.5, 0.6) is 0 Å². The zero-order valence-electron chi connectivity index (χ0n) is 26.2. The van der Waals surface area contributed by atoms with Crippen LogP contribution >= 0.6 is 0 Å². The quantitative estimate of drug-likeness (QED) is 0.206. The summed E-state index contributed by atoms with van der Waals surface area (Å²) in [5.41, 5.74) is 13.7. The molecule has 0 fully saturated rings. The molecule has 8 aromatic rings. The molecule has 0 atom stereocenters. The Morgan fingerprint density at radius 1 is 0.457 bits per heavy atom. The number of benzene rings is 6. The van der Waals surface area contributed by atoms with E-state index in [1.165, 1.54) is 43.8 Å². The molecule has 218 valence electrons. The molecule has 0 N–H and O–H groups in total. The van der Waals surface area contributed by atoms with Crippen molar-refractivity contribution in [3.8, 4) is 34.6 Å². The number of aryl methyl sites for hydroxylation is 4. The van der Waals surface area contributed by atoms with Crippen molar-refractivity contribution in [1.82, 2.24) is 9.13 Å². The summed E-state index contributed by atoms with van der Waals surface area (Å²) in [7, 11) is 0. The van der Waals surface area contributed by atoms with E-state index in [1.54, 1.807) is 6.07 Å². The Kier molecular flexibility index (Phi) is 6.11. The molecule has 0 aliphatic carbocycles. The second-order valence-corrected chi connectivity index (χ2v) is 12.4. The largest absolute Gasteiger partial charge is 0.307 e. The van der Waals surface area contributed by atoms with Crippen molar-refractivity contribution in [2.75, 3.05) is 0 Å². The van der Waals surface area contributed by atoms with Crippen LogP contribution < -0.4 is 0 Å². The van der Waals surface area contributed by atoms with Gasteiger partial charge in [-0.25, -0.2) is 0 Å². The third-order valence-electron chi connectivity index (χ3n) is 9.18. The van der Waals surface area contributed by atoms with E-state index in [0.717, 1.165) is 44.6 Å². The lowest BCUT2D eigenvalue weighted by molar-refractivity contribution is 1.09. The normalized spacial score (nSPS) is 11.4. The fraction of sp³-hybridized carbons (Fsp3) is 0.0952. The zero-order chi connectivity index (χ0) is 31.7. The molecule has 0 radical (unpaired) electrons. The van der Waals surface area contributed by atoms with Gasteiger partial charge in [0.25, 0.3) is 0 Å². The van der Waals surface area contributed by atoms with Crippen LogP contribution in [0.25, 0.3) is 66.1 Å². The van der Waals surface area contributed by atoms with E-state index in [4.69, 9.17) is 0 Å². The summed E-state index contributed by atoms with van der Waals surface area (Å²) in [6.45, 7) is 8.50. The van der Waals surface area contributed by atoms with Crippen LogP contribution in [-0.2, 0) is 0 Å². The second-order valence-electron chi connectivity index (χ2n) is 12.4. The van der Waals surface area contributed by atoms with E-state index in [2.05, 4.69) is 128 Å². The van der Waals surface area contributed by atoms with Gasteiger partial charge >= 0.3 is 0 Å². The van der Waals surface area contributed by atoms with Crippen LogP contribution in [0.3, 0.4) is 0 Å². The Balaban J connectivity index is 1.61. The highest BCUT2D eigenvalue weighted by molar-refractivity contribution is 6.12. The molecule has 0 spiro atoms. The van der Waals surface area contributed by atoms with Crippen molar-refractivity contribution in [3.05, 3.63) is 143 Å². The maximum Gasteiger partial charge on any atom is 0.0998 e. The first-order valence-electron chi connectivity index (χ1n) is 15.5. The molecule has 0 aliphatic rings. The van der Waals surface area contributed by atoms with E-state index in [-0.39, 0.29) is 0 Å². The monoisotopic (exact) mass is 590 g/mol. The molecule has 4 heteroatoms. The van der Waals surface area contributed by atoms with Gasteiger partial charge in [-0.2, -0.15) is 10.5 Å². The third-order valence-corrected chi connectivity index (χ3v) is 9.18. The molecule has 0 bridgehead atoms. The van der Waals surface area contributed by atoms with Crippen LogP contribution in [0.4, 0.5) is 0 Å². The SMILES string of the molecule is Cc1ccc2c3ccc(C)cc3n(-c3cc(C#N)c(-c4cccc(C#N)c4)cc3-n3c4cc(C)ccc4c4ccc(C)cc43)c2c1. The lowest BCUT2D eigenvalue weighted by Gasteiger charge is -2.20. The molecule has 0 saturated heterocycles. The number of nitrogens with zero attached hydrogens (tertiary/aromatic N) is 4. The van der Waals surface area contributed by atoms with Gasteiger partial charge in [0.15, 0.2) is 0 Å². The van der Waals surface area contributed by atoms with E-state index in [1.807, 2.05) is 24.3 Å². The minimum Gasteiger partial charge on any atom is -0.307 e. The second kappa shape index (κ2) is 10.2. The van der Waals surface area contributed by atoms with Gasteiger partial charge in [0.05, 0.1) is 56.7 Å². The van der Waals surface area contributed by atoms with E-state index < -0.39 is 0 Å². The Morgan fingerprint density at radius 2 is 0.891 bits per heavy atom. The summed E-state index contributed by atoms with van der Waals surface area (Å²) in [5.74, 6) is 0. The van der Waals surface area contributed by atoms with Crippen molar-refractivity contribution in [3.63, 3.8) is 0 Å². The van der Waals surface area contributed by atoms with Gasteiger partial charge in [0.2, 0.25) is 0 Å². The van der Waals surface area contributed by atoms with Crippen LogP contribution in [-0.4, -0.2) is 9.13 Å². The van der Waals surface area contributed by atoms with Crippen molar-refractivity contribution < 1.29 is 0 Å². The molecule has 2 aromatic heterocycles. The van der Waals surface area contributed by atoms with Crippen molar-refractivity contribution >= 4 is 43.6 Å². The van der Waals surface area contributed by atoms with E-state index in [9.17, 15) is 10.5 Å². The Hall–Kier alpha value is -6.10. The summed E-state index contributed by atoms with van der Waals surface area (Å²) in [6.07, 6.45) is 0. The molecule has 0 saturated carbocycles. The summed E-state index contributed by atoms with van der Waals surface area (Å²) in [5, 5.41) is 25.1. The van der Waals surface area contributed by atoms with Gasteiger partial charge < -0.3 is 9.13 Å². The highest BCUT2D eigenvalue weighted by atomic mass is 15.1. The first kappa shape index (κ1) is 27.4. The van der Waals surface area contributed by atoms with Crippen LogP contribution in [0.15, 0.2) is 109 Å². The number of fused-ring (bicyclic) bond motifs is 6. The standard InChI is InChI=1S/C42H30N4/c1-25-8-12-32-33-13-9-26(2)17-38(33)45(37(32)16-25)41-21-31(24-44)36(30-7-5-6-29(20-30)23-43)22-42(41)46-39-18-27(3)10-14-34(39)35-15-11-28(4)19-40(35)46/h5-22H,1-4H3. The molecular weight excluding hydrogens is 560 g/mol. The van der Waals surface area contributed by atoms with Crippen LogP contribution in [0.1, 0.15) is 33.4 Å². The lowest BCUT2D eigenvalue weighted by Crippen LogP contribution is -2.06. The summed E-state index contributed by atoms with van der Waals surface area (Å²) < 4.78 is 4.70. The molecular formula is C42H30N4. The van der Waals surface area contributed by atoms with Crippen LogP contribution in [0, 0.1) is 50.4 Å². The summed E-state index contributed by atoms with van der Waals surface area (Å²) in [4.78, 5) is 0. The van der Waals surface area contributed by atoms with Gasteiger partial charge in [-0.1, -0.05) is 60.7 Å². The first-order valence-corrected chi connectivity index (χ1v) is 15.5. The Morgan fingerprint density at radius 3 is 1.30 bits per heavy atom. The fourth-order valence-electron chi connectivity index (χ4n) is 7.02. The maximum atomic E-state index is 10.6. The number of aromatic nitrogens is 2. The maximum absolute atomic E-state index is 10.6. The van der Waals surface area contributed by atoms with Crippen molar-refractivity contribution in [2.45, 2.75) is 27.7 Å². The van der Waals surface area contributed by atoms with E-state index in [0.29, 0.717) is 11.1 Å². The molecule has 0 amide bonds. The lowest BCUT2D eigenvalue weighted by atomic mass is 9.96. The smallest absolute Gasteiger partial charge is 0.0998 e. The Bertz CT molecular complexity index is 2530. The average molecular weight is 591 g/mol. The molecule has 46 heavy (non-hydrogen) atoms. The van der Waals surface area contributed by atoms with Crippen molar-refractivity contribution in [1.29, 1.82) is 10.5 Å². The highest BCUT2D eigenvalue weighted by Gasteiger charge is 2.22. The topological polar surface area (TPSA) is 57.4 Å². The highest BCUT2D eigenvalue weighted by Crippen LogP contribution is 2.41. The minimum atomic E-state index is 0.553. The van der Waals surface area contributed by atoms with Gasteiger partial charge in [-0.05, 0) is 104 Å². The summed E-state index contributed by atoms with van der Waals surface area (Å²) >= 11 is 0. The number of nitriles is 2. The fourth-order valence-corrected chi connectivity index (χ4v) is 7.02. The van der Waals surface area contributed by atoms with Gasteiger partial charge in [0.1, 0.15) is 0 Å². The molecule has 0 unspecified atom stereocenters. The van der Waals surface area contributed by atoms with Gasteiger partial charge in [-0.15, -0.1) is 0 Å². The molecule has 8 rings (SSSR count). The zero-order valence-corrected chi connectivity index (χ0v) is 26.2. The molecule has 2 heterocycles. The van der Waals surface area contributed by atoms with Crippen LogP contribution in [0.2, 0.25) is 0 Å². The third kappa shape index (κ3) is 4.12.